The summed E-state index contributed by atoms with van der Waals surface area (Å²) in [5.74, 6) is -0.745. The van der Waals surface area contributed by atoms with Crippen LogP contribution in [0, 0.1) is 5.82 Å². The maximum atomic E-state index is 15.3. The lowest BCUT2D eigenvalue weighted by molar-refractivity contribution is 0.00565. The minimum absolute atomic E-state index is 0.211. The van der Waals surface area contributed by atoms with Crippen LogP contribution in [0.15, 0.2) is 84.9 Å². The number of carbonyl (C=O) groups excluding carboxylic acids is 2. The minimum Gasteiger partial charge on any atom is -0.488 e. The first kappa shape index (κ1) is 29.1. The highest BCUT2D eigenvalue weighted by Gasteiger charge is 2.36. The zero-order valence-corrected chi connectivity index (χ0v) is 24.6. The van der Waals surface area contributed by atoms with Crippen molar-refractivity contribution < 1.29 is 28.2 Å². The Hall–Kier alpha value is -4.39. The quantitative estimate of drug-likeness (QED) is 0.220. The summed E-state index contributed by atoms with van der Waals surface area (Å²) in [5, 5.41) is 2.13. The molecule has 1 aliphatic heterocycles. The van der Waals surface area contributed by atoms with Gasteiger partial charge in [-0.05, 0) is 80.3 Å². The predicted molar refractivity (Wildman–Crippen MR) is 160 cm³/mol. The molecule has 1 amide bonds. The molecule has 6 nitrogen and oxygen atoms in total. The molecule has 0 aromatic heterocycles. The fraction of sp³-hybridized carbons (Fsp3) is 0.314. The number of fused-ring (bicyclic) bond motifs is 2. The average Bonchev–Trinajstić information content (AvgIpc) is 2.97. The summed E-state index contributed by atoms with van der Waals surface area (Å²) >= 11 is 0. The highest BCUT2D eigenvalue weighted by Crippen LogP contribution is 2.42. The van der Waals surface area contributed by atoms with Gasteiger partial charge < -0.3 is 14.2 Å². The molecule has 0 saturated carbocycles. The van der Waals surface area contributed by atoms with Gasteiger partial charge in [0, 0.05) is 11.5 Å². The van der Waals surface area contributed by atoms with E-state index in [1.54, 1.807) is 11.0 Å². The van der Waals surface area contributed by atoms with E-state index in [1.807, 2.05) is 88.4 Å². The third kappa shape index (κ3) is 6.10. The van der Waals surface area contributed by atoms with E-state index in [0.717, 1.165) is 21.9 Å². The Morgan fingerprint density at radius 1 is 0.976 bits per heavy atom. The van der Waals surface area contributed by atoms with Gasteiger partial charge in [0.1, 0.15) is 23.3 Å². The van der Waals surface area contributed by atoms with Gasteiger partial charge in [-0.1, -0.05) is 60.7 Å². The molecule has 0 bridgehead atoms. The number of methoxy groups -OCH3 is 1. The molecule has 1 heterocycles. The number of nitrogens with zero attached hydrogens (tertiary/aromatic N) is 1. The molecule has 0 fully saturated rings. The monoisotopic (exact) mass is 569 g/mol. The first-order chi connectivity index (χ1) is 20.1. The maximum Gasteiger partial charge on any atom is 0.410 e. The number of benzene rings is 4. The highest BCUT2D eigenvalue weighted by molar-refractivity contribution is 5.89. The molecule has 3 atom stereocenters. The normalized spacial score (nSPS) is 17.1. The van der Waals surface area contributed by atoms with Crippen molar-refractivity contribution in [2.75, 3.05) is 13.7 Å². The van der Waals surface area contributed by atoms with E-state index in [4.69, 9.17) is 14.2 Å². The summed E-state index contributed by atoms with van der Waals surface area (Å²) in [7, 11) is 1.30. The van der Waals surface area contributed by atoms with E-state index in [-0.39, 0.29) is 18.2 Å². The predicted octanol–water partition coefficient (Wildman–Crippen LogP) is 8.05. The number of hydrogen-bond acceptors (Lipinski definition) is 5. The van der Waals surface area contributed by atoms with Crippen molar-refractivity contribution in [2.45, 2.75) is 57.8 Å². The topological polar surface area (TPSA) is 65.1 Å². The Labute approximate surface area is 246 Å². The van der Waals surface area contributed by atoms with Gasteiger partial charge in [0.05, 0.1) is 25.3 Å². The summed E-state index contributed by atoms with van der Waals surface area (Å²) in [5.41, 5.74) is 1.76. The van der Waals surface area contributed by atoms with Crippen molar-refractivity contribution in [3.63, 3.8) is 0 Å². The Morgan fingerprint density at radius 3 is 2.45 bits per heavy atom. The zero-order chi connectivity index (χ0) is 30.0. The SMILES string of the molecule is COC(=O)c1ccc(F)c(C2C[C@H](CN(C(=O)OC(C)(C)C)[C@H](C)c3cccc4ccccc34)Oc3ccccc32)c1. The van der Waals surface area contributed by atoms with Crippen LogP contribution in [-0.2, 0) is 9.47 Å². The van der Waals surface area contributed by atoms with Crippen LogP contribution >= 0.6 is 0 Å². The lowest BCUT2D eigenvalue weighted by atomic mass is 9.83. The third-order valence-electron chi connectivity index (χ3n) is 7.65. The number of para-hydroxylation sites is 1. The number of amides is 1. The minimum atomic E-state index is -0.701. The fourth-order valence-electron chi connectivity index (χ4n) is 5.67. The van der Waals surface area contributed by atoms with Gasteiger partial charge in [0.15, 0.2) is 0 Å². The molecule has 0 N–H and O–H groups in total. The number of rotatable bonds is 6. The molecular formula is C35H36FNO5. The highest BCUT2D eigenvalue weighted by atomic mass is 19.1. The second-order valence-electron chi connectivity index (χ2n) is 11.7. The van der Waals surface area contributed by atoms with Gasteiger partial charge >= 0.3 is 12.1 Å². The summed E-state index contributed by atoms with van der Waals surface area (Å²) in [4.78, 5) is 27.7. The van der Waals surface area contributed by atoms with Crippen molar-refractivity contribution in [2.24, 2.45) is 0 Å². The van der Waals surface area contributed by atoms with Crippen LogP contribution in [0.2, 0.25) is 0 Å². The van der Waals surface area contributed by atoms with Gasteiger partial charge in [0.2, 0.25) is 0 Å². The molecule has 0 radical (unpaired) electrons. The van der Waals surface area contributed by atoms with Crippen molar-refractivity contribution in [1.82, 2.24) is 4.90 Å². The molecule has 0 saturated heterocycles. The van der Waals surface area contributed by atoms with E-state index in [0.29, 0.717) is 17.7 Å². The van der Waals surface area contributed by atoms with Crippen LogP contribution in [0.25, 0.3) is 10.8 Å². The standard InChI is InChI=1S/C35H36FNO5/c1-22(26-15-10-12-23-11-6-7-13-27(23)26)37(34(39)42-35(2,3)4)21-25-20-29(28-14-8-9-16-32(28)41-25)30-19-24(33(38)40-5)17-18-31(30)36/h6-19,22,25,29H,20-21H2,1-5H3/t22-,25-,29?/m1/s1. The molecular weight excluding hydrogens is 533 g/mol. The second-order valence-corrected chi connectivity index (χ2v) is 11.7. The molecule has 4 aromatic carbocycles. The maximum absolute atomic E-state index is 15.3. The van der Waals surface area contributed by atoms with Crippen LogP contribution in [0.4, 0.5) is 9.18 Å². The third-order valence-corrected chi connectivity index (χ3v) is 7.65. The van der Waals surface area contributed by atoms with Gasteiger partial charge in [-0.2, -0.15) is 0 Å². The van der Waals surface area contributed by atoms with Crippen molar-refractivity contribution >= 4 is 22.8 Å². The van der Waals surface area contributed by atoms with Crippen LogP contribution < -0.4 is 4.74 Å². The molecule has 0 aliphatic carbocycles. The molecule has 1 aliphatic rings. The lowest BCUT2D eigenvalue weighted by Crippen LogP contribution is -2.45. The number of hydrogen-bond donors (Lipinski definition) is 0. The van der Waals surface area contributed by atoms with E-state index < -0.39 is 35.5 Å². The molecule has 4 aromatic rings. The summed E-state index contributed by atoms with van der Waals surface area (Å²) in [6, 6.07) is 25.6. The van der Waals surface area contributed by atoms with Gasteiger partial charge in [-0.15, -0.1) is 0 Å². The Kier molecular flexibility index (Phi) is 8.21. The van der Waals surface area contributed by atoms with E-state index >= 15 is 4.39 Å². The van der Waals surface area contributed by atoms with Crippen molar-refractivity contribution in [1.29, 1.82) is 0 Å². The molecule has 7 heteroatoms. The van der Waals surface area contributed by atoms with E-state index in [1.165, 1.54) is 19.2 Å². The van der Waals surface area contributed by atoms with Crippen LogP contribution in [0.5, 0.6) is 5.75 Å². The van der Waals surface area contributed by atoms with Gasteiger partial charge in [-0.3, -0.25) is 4.90 Å². The second kappa shape index (κ2) is 11.8. The van der Waals surface area contributed by atoms with Gasteiger partial charge in [0.25, 0.3) is 0 Å². The molecule has 42 heavy (non-hydrogen) atoms. The first-order valence-corrected chi connectivity index (χ1v) is 14.2. The van der Waals surface area contributed by atoms with E-state index in [9.17, 15) is 9.59 Å². The van der Waals surface area contributed by atoms with Crippen LogP contribution in [-0.4, -0.2) is 42.3 Å². The number of halogens is 1. The summed E-state index contributed by atoms with van der Waals surface area (Å²) in [6.45, 7) is 7.71. The number of ether oxygens (including phenoxy) is 3. The van der Waals surface area contributed by atoms with Crippen LogP contribution in [0.3, 0.4) is 0 Å². The van der Waals surface area contributed by atoms with E-state index in [2.05, 4.69) is 6.07 Å². The zero-order valence-electron chi connectivity index (χ0n) is 24.6. The largest absolute Gasteiger partial charge is 0.488 e. The van der Waals surface area contributed by atoms with Crippen molar-refractivity contribution in [3.8, 4) is 5.75 Å². The van der Waals surface area contributed by atoms with Crippen LogP contribution in [0.1, 0.15) is 73.1 Å². The average molecular weight is 570 g/mol. The summed E-state index contributed by atoms with van der Waals surface area (Å²) < 4.78 is 32.5. The summed E-state index contributed by atoms with van der Waals surface area (Å²) in [6.07, 6.45) is -0.544. The molecule has 0 spiro atoms. The smallest absolute Gasteiger partial charge is 0.410 e. The molecule has 5 rings (SSSR count). The first-order valence-electron chi connectivity index (χ1n) is 14.2. The van der Waals surface area contributed by atoms with Gasteiger partial charge in [-0.25, -0.2) is 14.0 Å². The Bertz CT molecular complexity index is 1610. The lowest BCUT2D eigenvalue weighted by Gasteiger charge is -2.38. The Balaban J connectivity index is 1.53. The number of carbonyl (C=O) groups is 2. The Morgan fingerprint density at radius 2 is 1.69 bits per heavy atom. The van der Waals surface area contributed by atoms with Crippen molar-refractivity contribution in [3.05, 3.63) is 113 Å². The fourth-order valence-corrected chi connectivity index (χ4v) is 5.67. The molecule has 1 unspecified atom stereocenters. The molecule has 218 valence electrons. The number of esters is 1.